The van der Waals surface area contributed by atoms with E-state index >= 15 is 0 Å². The molecule has 0 radical (unpaired) electrons. The third kappa shape index (κ3) is 2.83. The number of aromatic nitrogens is 1. The third-order valence-corrected chi connectivity index (χ3v) is 4.10. The van der Waals surface area contributed by atoms with Gasteiger partial charge in [-0.25, -0.2) is 4.98 Å². The van der Waals surface area contributed by atoms with Gasteiger partial charge < -0.3 is 10.2 Å². The Kier molecular flexibility index (Phi) is 4.57. The fourth-order valence-electron chi connectivity index (χ4n) is 2.21. The van der Waals surface area contributed by atoms with Crippen molar-refractivity contribution in [1.82, 2.24) is 4.98 Å². The molecule has 0 atom stereocenters. The minimum atomic E-state index is 0.561. The molecule has 0 unspecified atom stereocenters. The fraction of sp³-hybridized carbons (Fsp3) is 0.615. The molecule has 0 saturated heterocycles. The average molecular weight is 288 g/mol. The molecular weight excluding hydrogens is 269 g/mol. The average Bonchev–Trinajstić information content (AvgIpc) is 2.29. The number of rotatable bonds is 5. The quantitative estimate of drug-likeness (QED) is 0.885. The first kappa shape index (κ1) is 13.8. The van der Waals surface area contributed by atoms with Crippen LogP contribution in [0.25, 0.3) is 0 Å². The lowest BCUT2D eigenvalue weighted by Crippen LogP contribution is -2.33. The second-order valence-corrected chi connectivity index (χ2v) is 5.52. The Morgan fingerprint density at radius 2 is 2.11 bits per heavy atom. The van der Waals surface area contributed by atoms with Crippen LogP contribution in [0.4, 0.5) is 11.6 Å². The van der Waals surface area contributed by atoms with E-state index in [0.717, 1.165) is 24.8 Å². The first-order valence-corrected chi connectivity index (χ1v) is 7.20. The molecule has 0 aromatic carbocycles. The van der Waals surface area contributed by atoms with Crippen molar-refractivity contribution >= 4 is 34.8 Å². The Morgan fingerprint density at radius 3 is 2.61 bits per heavy atom. The van der Waals surface area contributed by atoms with Crippen molar-refractivity contribution in [2.75, 3.05) is 30.4 Å². The van der Waals surface area contributed by atoms with E-state index in [2.05, 4.69) is 22.1 Å². The molecule has 2 rings (SSSR count). The van der Waals surface area contributed by atoms with Gasteiger partial charge in [0.15, 0.2) is 0 Å². The Labute approximate surface area is 118 Å². The molecule has 0 amide bonds. The van der Waals surface area contributed by atoms with Crippen LogP contribution in [0.15, 0.2) is 6.07 Å². The van der Waals surface area contributed by atoms with Gasteiger partial charge in [-0.15, -0.1) is 0 Å². The standard InChI is InChI=1S/C13H19Cl2N3/c1-3-18(8-9-5-4-6-9)13-11(15)7-10(14)12(16-2)17-13/h7,9H,3-6,8H2,1-2H3,(H,16,17). The Bertz CT molecular complexity index is 419. The van der Waals surface area contributed by atoms with Crippen molar-refractivity contribution in [2.45, 2.75) is 26.2 Å². The van der Waals surface area contributed by atoms with E-state index in [9.17, 15) is 0 Å². The van der Waals surface area contributed by atoms with Gasteiger partial charge in [0, 0.05) is 20.1 Å². The zero-order chi connectivity index (χ0) is 13.1. The van der Waals surface area contributed by atoms with Gasteiger partial charge in [-0.05, 0) is 31.7 Å². The third-order valence-electron chi connectivity index (χ3n) is 3.53. The molecule has 3 nitrogen and oxygen atoms in total. The Balaban J connectivity index is 2.22. The first-order chi connectivity index (χ1) is 8.65. The van der Waals surface area contributed by atoms with Crippen LogP contribution in [0.5, 0.6) is 0 Å². The van der Waals surface area contributed by atoms with E-state index in [1.807, 2.05) is 7.05 Å². The lowest BCUT2D eigenvalue weighted by atomic mass is 9.85. The van der Waals surface area contributed by atoms with Gasteiger partial charge in [0.2, 0.25) is 0 Å². The van der Waals surface area contributed by atoms with Gasteiger partial charge in [0.05, 0.1) is 10.0 Å². The van der Waals surface area contributed by atoms with E-state index in [4.69, 9.17) is 23.2 Å². The van der Waals surface area contributed by atoms with Crippen LogP contribution < -0.4 is 10.2 Å². The smallest absolute Gasteiger partial charge is 0.149 e. The minimum absolute atomic E-state index is 0.561. The predicted octanol–water partition coefficient (Wildman–Crippen LogP) is 4.06. The highest BCUT2D eigenvalue weighted by molar-refractivity contribution is 6.37. The maximum atomic E-state index is 6.26. The summed E-state index contributed by atoms with van der Waals surface area (Å²) >= 11 is 12.3. The molecule has 1 heterocycles. The second-order valence-electron chi connectivity index (χ2n) is 4.71. The lowest BCUT2D eigenvalue weighted by Gasteiger charge is -2.33. The molecule has 1 saturated carbocycles. The number of pyridine rings is 1. The molecular formula is C13H19Cl2N3. The summed E-state index contributed by atoms with van der Waals surface area (Å²) in [7, 11) is 1.81. The number of hydrogen-bond donors (Lipinski definition) is 1. The molecule has 100 valence electrons. The maximum absolute atomic E-state index is 6.26. The summed E-state index contributed by atoms with van der Waals surface area (Å²) in [6.07, 6.45) is 3.99. The van der Waals surface area contributed by atoms with Crippen LogP contribution in [-0.4, -0.2) is 25.1 Å². The molecule has 1 aromatic rings. The molecule has 0 aliphatic heterocycles. The van der Waals surface area contributed by atoms with Crippen LogP contribution >= 0.6 is 23.2 Å². The zero-order valence-electron chi connectivity index (χ0n) is 10.8. The first-order valence-electron chi connectivity index (χ1n) is 6.44. The number of halogens is 2. The summed E-state index contributed by atoms with van der Waals surface area (Å²) in [6, 6.07) is 1.76. The van der Waals surface area contributed by atoms with Gasteiger partial charge in [-0.3, -0.25) is 0 Å². The minimum Gasteiger partial charge on any atom is -0.372 e. The van der Waals surface area contributed by atoms with E-state index < -0.39 is 0 Å². The van der Waals surface area contributed by atoms with Crippen molar-refractivity contribution in [3.63, 3.8) is 0 Å². The van der Waals surface area contributed by atoms with Crippen molar-refractivity contribution in [3.8, 4) is 0 Å². The van der Waals surface area contributed by atoms with E-state index in [1.165, 1.54) is 19.3 Å². The molecule has 1 fully saturated rings. The van der Waals surface area contributed by atoms with Crippen molar-refractivity contribution in [3.05, 3.63) is 16.1 Å². The van der Waals surface area contributed by atoms with Crippen molar-refractivity contribution < 1.29 is 0 Å². The van der Waals surface area contributed by atoms with Gasteiger partial charge in [-0.2, -0.15) is 0 Å². The molecule has 1 aliphatic carbocycles. The summed E-state index contributed by atoms with van der Waals surface area (Å²) in [6.45, 7) is 4.08. The molecule has 0 bridgehead atoms. The van der Waals surface area contributed by atoms with Crippen molar-refractivity contribution in [2.24, 2.45) is 5.92 Å². The molecule has 1 aliphatic rings. The second kappa shape index (κ2) is 5.98. The van der Waals surface area contributed by atoms with Crippen LogP contribution in [-0.2, 0) is 0 Å². The maximum Gasteiger partial charge on any atom is 0.149 e. The number of hydrogen-bond acceptors (Lipinski definition) is 3. The Morgan fingerprint density at radius 1 is 1.39 bits per heavy atom. The van der Waals surface area contributed by atoms with Crippen LogP contribution in [0.2, 0.25) is 10.0 Å². The van der Waals surface area contributed by atoms with E-state index in [0.29, 0.717) is 15.9 Å². The summed E-state index contributed by atoms with van der Waals surface area (Å²) < 4.78 is 0. The highest BCUT2D eigenvalue weighted by Crippen LogP contribution is 2.34. The SMILES string of the molecule is CCN(CC1CCC1)c1nc(NC)c(Cl)cc1Cl. The normalized spacial score (nSPS) is 15.3. The monoisotopic (exact) mass is 287 g/mol. The summed E-state index contributed by atoms with van der Waals surface area (Å²) in [5.74, 6) is 2.31. The van der Waals surface area contributed by atoms with Gasteiger partial charge in [0.1, 0.15) is 11.6 Å². The van der Waals surface area contributed by atoms with E-state index in [-0.39, 0.29) is 0 Å². The highest BCUT2D eigenvalue weighted by atomic mass is 35.5. The highest BCUT2D eigenvalue weighted by Gasteiger charge is 2.22. The molecule has 0 spiro atoms. The number of nitrogens with one attached hydrogen (secondary N) is 1. The zero-order valence-corrected chi connectivity index (χ0v) is 12.4. The summed E-state index contributed by atoms with van der Waals surface area (Å²) in [5, 5.41) is 4.18. The summed E-state index contributed by atoms with van der Waals surface area (Å²) in [5.41, 5.74) is 0. The molecule has 1 N–H and O–H groups in total. The fourth-order valence-corrected chi connectivity index (χ4v) is 2.78. The largest absolute Gasteiger partial charge is 0.372 e. The van der Waals surface area contributed by atoms with Crippen LogP contribution in [0, 0.1) is 5.92 Å². The van der Waals surface area contributed by atoms with Gasteiger partial charge in [-0.1, -0.05) is 29.6 Å². The van der Waals surface area contributed by atoms with Crippen molar-refractivity contribution in [1.29, 1.82) is 0 Å². The summed E-state index contributed by atoms with van der Waals surface area (Å²) in [4.78, 5) is 6.76. The Hall–Kier alpha value is -0.670. The molecule has 18 heavy (non-hydrogen) atoms. The molecule has 5 heteroatoms. The topological polar surface area (TPSA) is 28.2 Å². The predicted molar refractivity (Wildman–Crippen MR) is 79.0 cm³/mol. The van der Waals surface area contributed by atoms with Gasteiger partial charge >= 0.3 is 0 Å². The van der Waals surface area contributed by atoms with Crippen LogP contribution in [0.1, 0.15) is 26.2 Å². The number of nitrogens with zero attached hydrogens (tertiary/aromatic N) is 2. The number of anilines is 2. The lowest BCUT2D eigenvalue weighted by molar-refractivity contribution is 0.318. The molecule has 1 aromatic heterocycles. The van der Waals surface area contributed by atoms with Gasteiger partial charge in [0.25, 0.3) is 0 Å². The van der Waals surface area contributed by atoms with E-state index in [1.54, 1.807) is 6.07 Å². The van der Waals surface area contributed by atoms with Crippen LogP contribution in [0.3, 0.4) is 0 Å².